The monoisotopic (exact) mass is 289 g/mol. The Bertz CT molecular complexity index is 595. The molecular weight excluding hydrogens is 274 g/mol. The number of sulfone groups is 1. The molecule has 0 saturated heterocycles. The molecule has 7 nitrogen and oxygen atoms in total. The predicted molar refractivity (Wildman–Crippen MR) is 67.2 cm³/mol. The third kappa shape index (κ3) is 2.96. The molecule has 1 atom stereocenters. The number of carboxylic acids is 1. The second-order valence-electron chi connectivity index (χ2n) is 3.80. The van der Waals surface area contributed by atoms with Crippen molar-refractivity contribution in [2.45, 2.75) is 10.9 Å². The maximum Gasteiger partial charge on any atom is 0.325 e. The van der Waals surface area contributed by atoms with Gasteiger partial charge in [-0.3, -0.25) is 4.79 Å². The predicted octanol–water partition coefficient (Wildman–Crippen LogP) is 0.192. The topological polar surface area (TPSA) is 116 Å². The van der Waals surface area contributed by atoms with Gasteiger partial charge in [-0.2, -0.15) is 0 Å². The molecule has 1 rings (SSSR count). The standard InChI is InChI=1S/C11H15NO6S/c1-17-6-4-5-7(18-2)10(19(3,15)16)8(6)9(12)11(13)14/h4-5,9H,12H2,1-3H3,(H,13,14). The summed E-state index contributed by atoms with van der Waals surface area (Å²) in [5.74, 6) is -1.26. The normalized spacial score (nSPS) is 12.8. The van der Waals surface area contributed by atoms with E-state index in [1.54, 1.807) is 0 Å². The first-order valence-electron chi connectivity index (χ1n) is 5.17. The minimum absolute atomic E-state index is 0.0231. The fourth-order valence-electron chi connectivity index (χ4n) is 1.70. The van der Waals surface area contributed by atoms with Crippen LogP contribution in [-0.2, 0) is 14.6 Å². The van der Waals surface area contributed by atoms with Gasteiger partial charge >= 0.3 is 5.97 Å². The van der Waals surface area contributed by atoms with Crippen LogP contribution in [0, 0.1) is 0 Å². The second kappa shape index (κ2) is 5.45. The smallest absolute Gasteiger partial charge is 0.325 e. The number of hydrogen-bond acceptors (Lipinski definition) is 6. The van der Waals surface area contributed by atoms with E-state index >= 15 is 0 Å². The fourth-order valence-corrected chi connectivity index (χ4v) is 2.84. The van der Waals surface area contributed by atoms with E-state index in [1.807, 2.05) is 0 Å². The Morgan fingerprint density at radius 2 is 1.74 bits per heavy atom. The number of hydrogen-bond donors (Lipinski definition) is 2. The third-order valence-corrected chi connectivity index (χ3v) is 3.67. The molecule has 1 unspecified atom stereocenters. The van der Waals surface area contributed by atoms with Crippen molar-refractivity contribution in [3.63, 3.8) is 0 Å². The fraction of sp³-hybridized carbons (Fsp3) is 0.364. The van der Waals surface area contributed by atoms with Gasteiger partial charge in [-0.05, 0) is 12.1 Å². The van der Waals surface area contributed by atoms with Crippen LogP contribution in [-0.4, -0.2) is 40.0 Å². The summed E-state index contributed by atoms with van der Waals surface area (Å²) in [7, 11) is -1.15. The van der Waals surface area contributed by atoms with Crippen molar-refractivity contribution in [1.82, 2.24) is 0 Å². The van der Waals surface area contributed by atoms with Gasteiger partial charge in [0, 0.05) is 11.8 Å². The first-order chi connectivity index (χ1) is 8.73. The highest BCUT2D eigenvalue weighted by Gasteiger charge is 2.30. The van der Waals surface area contributed by atoms with Gasteiger partial charge in [-0.15, -0.1) is 0 Å². The van der Waals surface area contributed by atoms with Crippen LogP contribution in [0.3, 0.4) is 0 Å². The SMILES string of the molecule is COc1ccc(OC)c(S(C)(=O)=O)c1C(N)C(=O)O. The average Bonchev–Trinajstić information content (AvgIpc) is 2.34. The molecule has 19 heavy (non-hydrogen) atoms. The van der Waals surface area contributed by atoms with Gasteiger partial charge in [0.25, 0.3) is 0 Å². The van der Waals surface area contributed by atoms with Gasteiger partial charge in [0.1, 0.15) is 22.4 Å². The molecule has 0 aliphatic rings. The van der Waals surface area contributed by atoms with Gasteiger partial charge in [0.2, 0.25) is 0 Å². The first kappa shape index (κ1) is 15.3. The zero-order chi connectivity index (χ0) is 14.8. The van der Waals surface area contributed by atoms with E-state index in [0.717, 1.165) is 6.26 Å². The van der Waals surface area contributed by atoms with Gasteiger partial charge < -0.3 is 20.3 Å². The van der Waals surface area contributed by atoms with Crippen molar-refractivity contribution in [3.8, 4) is 11.5 Å². The lowest BCUT2D eigenvalue weighted by Gasteiger charge is -2.18. The number of carboxylic acid groups (broad SMARTS) is 1. The summed E-state index contributed by atoms with van der Waals surface area (Å²) in [5, 5.41) is 8.99. The molecule has 3 N–H and O–H groups in total. The molecule has 0 aliphatic carbocycles. The van der Waals surface area contributed by atoms with Crippen molar-refractivity contribution in [2.75, 3.05) is 20.5 Å². The van der Waals surface area contributed by atoms with Crippen molar-refractivity contribution < 1.29 is 27.8 Å². The number of rotatable bonds is 5. The van der Waals surface area contributed by atoms with E-state index in [4.69, 9.17) is 20.3 Å². The van der Waals surface area contributed by atoms with Gasteiger partial charge in [-0.1, -0.05) is 0 Å². The Kier molecular flexibility index (Phi) is 4.38. The van der Waals surface area contributed by atoms with Crippen LogP contribution in [0.25, 0.3) is 0 Å². The molecule has 0 heterocycles. The number of methoxy groups -OCH3 is 2. The molecule has 0 aromatic heterocycles. The van der Waals surface area contributed by atoms with Gasteiger partial charge in [0.05, 0.1) is 14.2 Å². The van der Waals surface area contributed by atoms with Gasteiger partial charge in [0.15, 0.2) is 9.84 Å². The minimum atomic E-state index is -3.74. The highest BCUT2D eigenvalue weighted by Crippen LogP contribution is 2.37. The number of nitrogens with two attached hydrogens (primary N) is 1. The Morgan fingerprint density at radius 1 is 1.26 bits per heavy atom. The van der Waals surface area contributed by atoms with Crippen LogP contribution in [0.5, 0.6) is 11.5 Å². The molecule has 1 aromatic carbocycles. The zero-order valence-corrected chi connectivity index (χ0v) is 11.5. The van der Waals surface area contributed by atoms with Crippen LogP contribution >= 0.6 is 0 Å². The van der Waals surface area contributed by atoms with Crippen LogP contribution in [0.4, 0.5) is 0 Å². The zero-order valence-electron chi connectivity index (χ0n) is 10.7. The lowest BCUT2D eigenvalue weighted by Crippen LogP contribution is -2.24. The van der Waals surface area contributed by atoms with E-state index in [0.29, 0.717) is 0 Å². The maximum atomic E-state index is 11.8. The quantitative estimate of drug-likeness (QED) is 0.794. The third-order valence-electron chi connectivity index (χ3n) is 2.51. The van der Waals surface area contributed by atoms with Crippen molar-refractivity contribution in [1.29, 1.82) is 0 Å². The molecule has 0 saturated carbocycles. The Hall–Kier alpha value is -1.80. The Labute approximate surface area is 110 Å². The maximum absolute atomic E-state index is 11.8. The summed E-state index contributed by atoms with van der Waals surface area (Å²) >= 11 is 0. The second-order valence-corrected chi connectivity index (χ2v) is 5.75. The largest absolute Gasteiger partial charge is 0.496 e. The summed E-state index contributed by atoms with van der Waals surface area (Å²) < 4.78 is 33.6. The van der Waals surface area contributed by atoms with Crippen LogP contribution in [0.1, 0.15) is 11.6 Å². The molecule has 8 heteroatoms. The summed E-state index contributed by atoms with van der Waals surface area (Å²) in [6.45, 7) is 0. The Balaban J connectivity index is 3.77. The lowest BCUT2D eigenvalue weighted by atomic mass is 10.1. The van der Waals surface area contributed by atoms with E-state index < -0.39 is 21.8 Å². The molecule has 0 aliphatic heterocycles. The van der Waals surface area contributed by atoms with Crippen LogP contribution < -0.4 is 15.2 Å². The summed E-state index contributed by atoms with van der Waals surface area (Å²) in [4.78, 5) is 10.8. The molecule has 0 amide bonds. The highest BCUT2D eigenvalue weighted by molar-refractivity contribution is 7.90. The molecule has 0 spiro atoms. The highest BCUT2D eigenvalue weighted by atomic mass is 32.2. The lowest BCUT2D eigenvalue weighted by molar-refractivity contribution is -0.138. The molecule has 0 radical (unpaired) electrons. The number of ether oxygens (including phenoxy) is 2. The first-order valence-corrected chi connectivity index (χ1v) is 7.06. The molecule has 0 fully saturated rings. The van der Waals surface area contributed by atoms with E-state index in [9.17, 15) is 13.2 Å². The molecular formula is C11H15NO6S. The summed E-state index contributed by atoms with van der Waals surface area (Å²) in [6, 6.07) is 1.26. The number of carbonyl (C=O) groups is 1. The Morgan fingerprint density at radius 3 is 2.11 bits per heavy atom. The van der Waals surface area contributed by atoms with E-state index in [1.165, 1.54) is 26.4 Å². The van der Waals surface area contributed by atoms with Crippen molar-refractivity contribution >= 4 is 15.8 Å². The number of aliphatic carboxylic acids is 1. The van der Waals surface area contributed by atoms with E-state index in [2.05, 4.69) is 0 Å². The van der Waals surface area contributed by atoms with Crippen molar-refractivity contribution in [2.24, 2.45) is 5.73 Å². The molecule has 106 valence electrons. The van der Waals surface area contributed by atoms with Crippen LogP contribution in [0.2, 0.25) is 0 Å². The summed E-state index contributed by atoms with van der Waals surface area (Å²) in [6.07, 6.45) is 0.947. The van der Waals surface area contributed by atoms with E-state index in [-0.39, 0.29) is 22.0 Å². The van der Waals surface area contributed by atoms with Crippen LogP contribution in [0.15, 0.2) is 17.0 Å². The van der Waals surface area contributed by atoms with Crippen molar-refractivity contribution in [3.05, 3.63) is 17.7 Å². The molecule has 0 bridgehead atoms. The average molecular weight is 289 g/mol. The summed E-state index contributed by atoms with van der Waals surface area (Å²) in [5.41, 5.74) is 5.41. The van der Waals surface area contributed by atoms with Gasteiger partial charge in [-0.25, -0.2) is 8.42 Å². The molecule has 1 aromatic rings. The minimum Gasteiger partial charge on any atom is -0.496 e. The number of benzene rings is 1.